The Balaban J connectivity index is 2.37. The number of nitrogen functional groups attached to an aromatic ring is 1. The second kappa shape index (κ2) is 5.04. The van der Waals surface area contributed by atoms with E-state index < -0.39 is 40.7 Å². The van der Waals surface area contributed by atoms with Crippen LogP contribution in [-0.4, -0.2) is 24.7 Å². The van der Waals surface area contributed by atoms with Crippen LogP contribution < -0.4 is 5.73 Å². The lowest BCUT2D eigenvalue weighted by atomic mass is 10.2. The van der Waals surface area contributed by atoms with Crippen molar-refractivity contribution in [3.8, 4) is 5.82 Å². The van der Waals surface area contributed by atoms with Crippen molar-refractivity contribution in [2.75, 3.05) is 5.73 Å². The fourth-order valence-corrected chi connectivity index (χ4v) is 2.00. The summed E-state index contributed by atoms with van der Waals surface area (Å²) in [5, 5.41) is 2.79. The Kier molecular flexibility index (Phi) is 3.35. The SMILES string of the molecule is Nc1c2c(C(F)(F)F)nc(C(F)(F)F)nc2nn1-c1ccccn1. The molecule has 0 saturated heterocycles. The molecule has 0 spiro atoms. The van der Waals surface area contributed by atoms with Crippen LogP contribution >= 0.6 is 0 Å². The second-order valence-electron chi connectivity index (χ2n) is 4.57. The molecule has 6 nitrogen and oxygen atoms in total. The van der Waals surface area contributed by atoms with E-state index in [-0.39, 0.29) is 5.82 Å². The highest BCUT2D eigenvalue weighted by molar-refractivity contribution is 5.89. The fraction of sp³-hybridized carbons (Fsp3) is 0.167. The average Bonchev–Trinajstić information content (AvgIpc) is 2.83. The Labute approximate surface area is 128 Å². The van der Waals surface area contributed by atoms with Gasteiger partial charge in [-0.15, -0.1) is 5.10 Å². The van der Waals surface area contributed by atoms with Gasteiger partial charge in [0.25, 0.3) is 0 Å². The topological polar surface area (TPSA) is 82.5 Å². The number of halogens is 6. The van der Waals surface area contributed by atoms with Crippen molar-refractivity contribution in [2.24, 2.45) is 0 Å². The lowest BCUT2D eigenvalue weighted by Crippen LogP contribution is -2.17. The van der Waals surface area contributed by atoms with Crippen molar-refractivity contribution in [2.45, 2.75) is 12.4 Å². The predicted octanol–water partition coefficient (Wildman–Crippen LogP) is 2.83. The van der Waals surface area contributed by atoms with Crippen LogP contribution in [0.1, 0.15) is 11.5 Å². The molecule has 3 aromatic rings. The van der Waals surface area contributed by atoms with Crippen LogP contribution in [0.25, 0.3) is 16.9 Å². The molecule has 24 heavy (non-hydrogen) atoms. The van der Waals surface area contributed by atoms with Crippen LogP contribution in [0.4, 0.5) is 32.2 Å². The molecular weight excluding hydrogens is 342 g/mol. The maximum atomic E-state index is 13.1. The molecule has 0 aliphatic carbocycles. The first-order chi connectivity index (χ1) is 11.1. The molecule has 0 unspecified atom stereocenters. The highest BCUT2D eigenvalue weighted by Crippen LogP contribution is 2.38. The summed E-state index contributed by atoms with van der Waals surface area (Å²) in [6, 6.07) is 4.41. The van der Waals surface area contributed by atoms with Crippen molar-refractivity contribution in [1.82, 2.24) is 24.7 Å². The van der Waals surface area contributed by atoms with Gasteiger partial charge in [0.1, 0.15) is 5.82 Å². The molecule has 0 aliphatic rings. The minimum atomic E-state index is -5.17. The third-order valence-electron chi connectivity index (χ3n) is 2.96. The Morgan fingerprint density at radius 1 is 0.958 bits per heavy atom. The normalized spacial score (nSPS) is 12.8. The van der Waals surface area contributed by atoms with Gasteiger partial charge in [-0.25, -0.2) is 15.0 Å². The van der Waals surface area contributed by atoms with Crippen LogP contribution in [-0.2, 0) is 12.4 Å². The molecule has 0 fully saturated rings. The molecule has 3 heterocycles. The number of alkyl halides is 6. The van der Waals surface area contributed by atoms with Gasteiger partial charge in [-0.1, -0.05) is 6.07 Å². The first kappa shape index (κ1) is 16.0. The number of nitrogens with two attached hydrogens (primary N) is 1. The van der Waals surface area contributed by atoms with Gasteiger partial charge in [-0.3, -0.25) is 0 Å². The Morgan fingerprint density at radius 2 is 1.67 bits per heavy atom. The van der Waals surface area contributed by atoms with E-state index in [1.54, 1.807) is 0 Å². The second-order valence-corrected chi connectivity index (χ2v) is 4.57. The van der Waals surface area contributed by atoms with E-state index in [1.807, 2.05) is 0 Å². The number of nitrogens with zero attached hydrogens (tertiary/aromatic N) is 5. The highest BCUT2D eigenvalue weighted by Gasteiger charge is 2.43. The standard InChI is InChI=1S/C12H6F6N6/c13-11(14,15)7-6-8(19)24(5-3-1-2-4-20-5)23-9(6)22-10(21-7)12(16,17)18/h1-4H,19H2. The summed E-state index contributed by atoms with van der Waals surface area (Å²) in [5.74, 6) is -2.49. The number of anilines is 1. The fourth-order valence-electron chi connectivity index (χ4n) is 2.00. The zero-order chi connectivity index (χ0) is 17.7. The van der Waals surface area contributed by atoms with Crippen LogP contribution in [0.5, 0.6) is 0 Å². The van der Waals surface area contributed by atoms with E-state index in [9.17, 15) is 26.3 Å². The van der Waals surface area contributed by atoms with E-state index in [0.29, 0.717) is 0 Å². The minimum Gasteiger partial charge on any atom is -0.383 e. The number of rotatable bonds is 1. The minimum absolute atomic E-state index is 0.0229. The zero-order valence-electron chi connectivity index (χ0n) is 11.4. The number of pyridine rings is 1. The van der Waals surface area contributed by atoms with E-state index in [1.165, 1.54) is 24.4 Å². The van der Waals surface area contributed by atoms with Gasteiger partial charge >= 0.3 is 12.4 Å². The van der Waals surface area contributed by atoms with Gasteiger partial charge in [0, 0.05) is 6.20 Å². The van der Waals surface area contributed by atoms with Crippen molar-refractivity contribution in [3.63, 3.8) is 0 Å². The first-order valence-corrected chi connectivity index (χ1v) is 6.21. The van der Waals surface area contributed by atoms with Crippen LogP contribution in [0, 0.1) is 0 Å². The van der Waals surface area contributed by atoms with Gasteiger partial charge in [0.05, 0.1) is 5.39 Å². The van der Waals surface area contributed by atoms with Crippen LogP contribution in [0.15, 0.2) is 24.4 Å². The van der Waals surface area contributed by atoms with Crippen molar-refractivity contribution in [1.29, 1.82) is 0 Å². The van der Waals surface area contributed by atoms with Gasteiger partial charge in [0.15, 0.2) is 17.2 Å². The smallest absolute Gasteiger partial charge is 0.383 e. The lowest BCUT2D eigenvalue weighted by molar-refractivity contribution is -0.151. The summed E-state index contributed by atoms with van der Waals surface area (Å²) in [7, 11) is 0. The molecular formula is C12H6F6N6. The summed E-state index contributed by atoms with van der Waals surface area (Å²) in [5.41, 5.74) is 2.99. The Morgan fingerprint density at radius 3 is 2.21 bits per heavy atom. The number of aromatic nitrogens is 5. The van der Waals surface area contributed by atoms with Crippen LogP contribution in [0.3, 0.4) is 0 Å². The molecule has 0 radical (unpaired) electrons. The maximum Gasteiger partial charge on any atom is 0.451 e. The zero-order valence-corrected chi connectivity index (χ0v) is 11.4. The molecule has 0 bridgehead atoms. The molecule has 12 heteroatoms. The first-order valence-electron chi connectivity index (χ1n) is 6.21. The van der Waals surface area contributed by atoms with E-state index >= 15 is 0 Å². The third-order valence-corrected chi connectivity index (χ3v) is 2.96. The molecule has 0 amide bonds. The number of hydrogen-bond donors (Lipinski definition) is 1. The van der Waals surface area contributed by atoms with Gasteiger partial charge in [0.2, 0.25) is 5.82 Å². The summed E-state index contributed by atoms with van der Waals surface area (Å²) in [6.45, 7) is 0. The quantitative estimate of drug-likeness (QED) is 0.684. The molecule has 3 aromatic heterocycles. The molecule has 0 saturated carbocycles. The largest absolute Gasteiger partial charge is 0.451 e. The Bertz CT molecular complexity index is 898. The highest BCUT2D eigenvalue weighted by atomic mass is 19.4. The van der Waals surface area contributed by atoms with E-state index in [0.717, 1.165) is 4.68 Å². The molecule has 0 atom stereocenters. The summed E-state index contributed by atoms with van der Waals surface area (Å²) >= 11 is 0. The van der Waals surface area contributed by atoms with Gasteiger partial charge in [-0.2, -0.15) is 31.0 Å². The number of fused-ring (bicyclic) bond motifs is 1. The van der Waals surface area contributed by atoms with Crippen LogP contribution in [0.2, 0.25) is 0 Å². The van der Waals surface area contributed by atoms with Gasteiger partial charge < -0.3 is 5.73 Å². The summed E-state index contributed by atoms with van der Waals surface area (Å²) in [4.78, 5) is 9.49. The molecule has 0 aromatic carbocycles. The lowest BCUT2D eigenvalue weighted by Gasteiger charge is -2.10. The average molecular weight is 348 g/mol. The molecule has 0 aliphatic heterocycles. The summed E-state index contributed by atoms with van der Waals surface area (Å²) in [6.07, 6.45) is -9.02. The van der Waals surface area contributed by atoms with Crippen molar-refractivity contribution in [3.05, 3.63) is 35.9 Å². The monoisotopic (exact) mass is 348 g/mol. The molecule has 3 rings (SSSR count). The molecule has 126 valence electrons. The number of hydrogen-bond acceptors (Lipinski definition) is 5. The van der Waals surface area contributed by atoms with Crippen molar-refractivity contribution < 1.29 is 26.3 Å². The van der Waals surface area contributed by atoms with Gasteiger partial charge in [-0.05, 0) is 12.1 Å². The third kappa shape index (κ3) is 2.59. The predicted molar refractivity (Wildman–Crippen MR) is 68.9 cm³/mol. The Hall–Kier alpha value is -2.92. The van der Waals surface area contributed by atoms with E-state index in [4.69, 9.17) is 5.73 Å². The summed E-state index contributed by atoms with van der Waals surface area (Å²) < 4.78 is 78.3. The van der Waals surface area contributed by atoms with E-state index in [2.05, 4.69) is 20.1 Å². The molecule has 2 N–H and O–H groups in total. The van der Waals surface area contributed by atoms with Crippen molar-refractivity contribution >= 4 is 16.9 Å². The maximum absolute atomic E-state index is 13.1.